The number of nitrogens with zero attached hydrogens (tertiary/aromatic N) is 1. The van der Waals surface area contributed by atoms with Gasteiger partial charge >= 0.3 is 5.97 Å². The molecule has 35 heavy (non-hydrogen) atoms. The van der Waals surface area contributed by atoms with Gasteiger partial charge in [0.25, 0.3) is 0 Å². The van der Waals surface area contributed by atoms with Crippen LogP contribution in [0.2, 0.25) is 0 Å². The van der Waals surface area contributed by atoms with Crippen molar-refractivity contribution in [1.82, 2.24) is 15.5 Å². The number of aryl methyl sites for hydroxylation is 1. The van der Waals surface area contributed by atoms with Gasteiger partial charge in [0.15, 0.2) is 0 Å². The molecule has 7 nitrogen and oxygen atoms in total. The molecule has 196 valence electrons. The SMILES string of the molecule is CNC(C(=O)N[C@H](C(=O)N(C)[C@H](C=C(C)C(=O)O)C(C)C)C(C)(C)C)C(C)(C)c1ccc(C)cc1. The number of rotatable bonds is 10. The first-order chi connectivity index (χ1) is 15.9. The Kier molecular flexibility index (Phi) is 10.3. The number of aliphatic carboxylic acids is 1. The normalized spacial score (nSPS) is 15.4. The van der Waals surface area contributed by atoms with Crippen LogP contribution in [0, 0.1) is 18.3 Å². The van der Waals surface area contributed by atoms with Crippen LogP contribution in [0.3, 0.4) is 0 Å². The average Bonchev–Trinajstić information content (AvgIpc) is 2.74. The molecule has 0 bridgehead atoms. The summed E-state index contributed by atoms with van der Waals surface area (Å²) >= 11 is 0. The van der Waals surface area contributed by atoms with Gasteiger partial charge in [-0.3, -0.25) is 9.59 Å². The first kappa shape index (κ1) is 30.4. The fourth-order valence-electron chi connectivity index (χ4n) is 4.27. The van der Waals surface area contributed by atoms with E-state index in [4.69, 9.17) is 0 Å². The van der Waals surface area contributed by atoms with E-state index < -0.39 is 34.9 Å². The maximum Gasteiger partial charge on any atom is 0.331 e. The molecule has 1 unspecified atom stereocenters. The number of likely N-dealkylation sites (N-methyl/N-ethyl adjacent to an activating group) is 2. The predicted octanol–water partition coefficient (Wildman–Crippen LogP) is 3.91. The van der Waals surface area contributed by atoms with Crippen LogP contribution in [0.1, 0.15) is 66.5 Å². The number of carbonyl (C=O) groups is 3. The van der Waals surface area contributed by atoms with Crippen LogP contribution >= 0.6 is 0 Å². The quantitative estimate of drug-likeness (QED) is 0.435. The predicted molar refractivity (Wildman–Crippen MR) is 141 cm³/mol. The summed E-state index contributed by atoms with van der Waals surface area (Å²) < 4.78 is 0. The molecule has 3 atom stereocenters. The Morgan fingerprint density at radius 2 is 1.51 bits per heavy atom. The molecule has 0 aliphatic rings. The van der Waals surface area contributed by atoms with Crippen LogP contribution in [0.4, 0.5) is 0 Å². The molecule has 1 rings (SSSR count). The Morgan fingerprint density at radius 3 is 1.91 bits per heavy atom. The van der Waals surface area contributed by atoms with Gasteiger partial charge in [-0.15, -0.1) is 0 Å². The number of carboxylic acids is 1. The van der Waals surface area contributed by atoms with Crippen molar-refractivity contribution in [2.24, 2.45) is 11.3 Å². The number of benzene rings is 1. The highest BCUT2D eigenvalue weighted by Gasteiger charge is 2.41. The van der Waals surface area contributed by atoms with E-state index in [9.17, 15) is 19.5 Å². The fraction of sp³-hybridized carbons (Fsp3) is 0.607. The second kappa shape index (κ2) is 11.8. The van der Waals surface area contributed by atoms with E-state index >= 15 is 0 Å². The van der Waals surface area contributed by atoms with E-state index in [0.717, 1.165) is 11.1 Å². The summed E-state index contributed by atoms with van der Waals surface area (Å²) in [4.78, 5) is 40.2. The molecule has 0 aromatic heterocycles. The molecule has 0 saturated heterocycles. The summed E-state index contributed by atoms with van der Waals surface area (Å²) in [6.45, 7) is 17.2. The van der Waals surface area contributed by atoms with Gasteiger partial charge in [0, 0.05) is 18.0 Å². The van der Waals surface area contributed by atoms with Gasteiger partial charge in [0.1, 0.15) is 6.04 Å². The summed E-state index contributed by atoms with van der Waals surface area (Å²) in [6, 6.07) is 6.29. The third kappa shape index (κ3) is 7.66. The molecule has 0 aliphatic heterocycles. The zero-order valence-electron chi connectivity index (χ0n) is 23.3. The van der Waals surface area contributed by atoms with Gasteiger partial charge in [-0.1, -0.05) is 84.4 Å². The number of hydrogen-bond donors (Lipinski definition) is 3. The smallest absolute Gasteiger partial charge is 0.331 e. The zero-order valence-corrected chi connectivity index (χ0v) is 23.3. The maximum atomic E-state index is 13.7. The van der Waals surface area contributed by atoms with Gasteiger partial charge in [0.2, 0.25) is 11.8 Å². The van der Waals surface area contributed by atoms with E-state index in [1.807, 2.05) is 79.7 Å². The molecule has 1 aromatic rings. The van der Waals surface area contributed by atoms with Gasteiger partial charge in [-0.05, 0) is 37.8 Å². The summed E-state index contributed by atoms with van der Waals surface area (Å²) in [6.07, 6.45) is 1.60. The van der Waals surface area contributed by atoms with Crippen LogP contribution in [0.15, 0.2) is 35.9 Å². The van der Waals surface area contributed by atoms with Crippen molar-refractivity contribution < 1.29 is 19.5 Å². The highest BCUT2D eigenvalue weighted by Crippen LogP contribution is 2.29. The van der Waals surface area contributed by atoms with Crippen LogP contribution in [-0.4, -0.2) is 60.0 Å². The molecule has 0 heterocycles. The van der Waals surface area contributed by atoms with Crippen molar-refractivity contribution in [2.45, 2.75) is 85.9 Å². The molecular formula is C28H45N3O4. The molecule has 3 N–H and O–H groups in total. The first-order valence-corrected chi connectivity index (χ1v) is 12.2. The van der Waals surface area contributed by atoms with Crippen molar-refractivity contribution in [3.63, 3.8) is 0 Å². The topological polar surface area (TPSA) is 98.7 Å². The average molecular weight is 488 g/mol. The third-order valence-corrected chi connectivity index (χ3v) is 6.70. The zero-order chi connectivity index (χ0) is 27.3. The molecule has 0 fully saturated rings. The molecule has 2 amide bonds. The summed E-state index contributed by atoms with van der Waals surface area (Å²) in [5, 5.41) is 15.5. The van der Waals surface area contributed by atoms with Crippen LogP contribution in [-0.2, 0) is 19.8 Å². The van der Waals surface area contributed by atoms with Crippen LogP contribution in [0.25, 0.3) is 0 Å². The number of carbonyl (C=O) groups excluding carboxylic acids is 2. The Balaban J connectivity index is 3.30. The van der Waals surface area contributed by atoms with Crippen molar-refractivity contribution >= 4 is 17.8 Å². The van der Waals surface area contributed by atoms with Gasteiger partial charge in [-0.25, -0.2) is 4.79 Å². The number of amides is 2. The largest absolute Gasteiger partial charge is 0.478 e. The minimum atomic E-state index is -1.02. The Bertz CT molecular complexity index is 927. The Morgan fingerprint density at radius 1 is 1.00 bits per heavy atom. The summed E-state index contributed by atoms with van der Waals surface area (Å²) in [5.41, 5.74) is 1.23. The lowest BCUT2D eigenvalue weighted by Gasteiger charge is -2.40. The van der Waals surface area contributed by atoms with Crippen molar-refractivity contribution in [3.05, 3.63) is 47.0 Å². The fourth-order valence-corrected chi connectivity index (χ4v) is 4.27. The standard InChI is InChI=1S/C28H45N3O4/c1-17(2)21(16-19(4)26(34)35)31(11)25(33)23(27(5,6)7)30-24(32)22(29-10)28(8,9)20-14-12-18(3)13-15-20/h12-17,21-23,29H,1-11H3,(H,30,32)(H,34,35)/t21-,22?,23-/m1/s1. The molecule has 0 saturated carbocycles. The molecule has 0 radical (unpaired) electrons. The van der Waals surface area contributed by atoms with Crippen LogP contribution in [0.5, 0.6) is 0 Å². The monoisotopic (exact) mass is 487 g/mol. The van der Waals surface area contributed by atoms with E-state index in [0.29, 0.717) is 0 Å². The second-order valence-electron chi connectivity index (χ2n) is 11.5. The highest BCUT2D eigenvalue weighted by atomic mass is 16.4. The number of hydrogen-bond acceptors (Lipinski definition) is 4. The van der Waals surface area contributed by atoms with E-state index in [1.165, 1.54) is 6.92 Å². The number of carboxylic acid groups (broad SMARTS) is 1. The minimum absolute atomic E-state index is 0.0138. The summed E-state index contributed by atoms with van der Waals surface area (Å²) in [7, 11) is 3.41. The molecule has 7 heteroatoms. The summed E-state index contributed by atoms with van der Waals surface area (Å²) in [5.74, 6) is -1.56. The molecular weight excluding hydrogens is 442 g/mol. The van der Waals surface area contributed by atoms with Gasteiger partial charge in [0.05, 0.1) is 12.1 Å². The lowest BCUT2D eigenvalue weighted by atomic mass is 9.76. The molecule has 0 aliphatic carbocycles. The molecule has 1 aromatic carbocycles. The van der Waals surface area contributed by atoms with Crippen molar-refractivity contribution in [2.75, 3.05) is 14.1 Å². The maximum absolute atomic E-state index is 13.7. The minimum Gasteiger partial charge on any atom is -0.478 e. The number of nitrogens with one attached hydrogen (secondary N) is 2. The Hall–Kier alpha value is -2.67. The van der Waals surface area contributed by atoms with Crippen molar-refractivity contribution in [1.29, 1.82) is 0 Å². The molecule has 0 spiro atoms. The van der Waals surface area contributed by atoms with Gasteiger partial charge in [-0.2, -0.15) is 0 Å². The third-order valence-electron chi connectivity index (χ3n) is 6.70. The lowest BCUT2D eigenvalue weighted by molar-refractivity contribution is -0.141. The Labute approximate surface area is 211 Å². The van der Waals surface area contributed by atoms with Crippen molar-refractivity contribution in [3.8, 4) is 0 Å². The second-order valence-corrected chi connectivity index (χ2v) is 11.5. The lowest BCUT2D eigenvalue weighted by Crippen LogP contribution is -2.61. The van der Waals surface area contributed by atoms with Gasteiger partial charge < -0.3 is 20.6 Å². The highest BCUT2D eigenvalue weighted by molar-refractivity contribution is 5.91. The van der Waals surface area contributed by atoms with E-state index in [1.54, 1.807) is 25.1 Å². The van der Waals surface area contributed by atoms with Crippen LogP contribution < -0.4 is 10.6 Å². The van der Waals surface area contributed by atoms with E-state index in [2.05, 4.69) is 10.6 Å². The van der Waals surface area contributed by atoms with E-state index in [-0.39, 0.29) is 23.3 Å². The first-order valence-electron chi connectivity index (χ1n) is 12.2.